The van der Waals surface area contributed by atoms with E-state index in [2.05, 4.69) is 31.1 Å². The van der Waals surface area contributed by atoms with Crippen molar-refractivity contribution in [3.63, 3.8) is 0 Å². The Labute approximate surface area is 170 Å². The summed E-state index contributed by atoms with van der Waals surface area (Å²) >= 11 is 0. The molecule has 1 unspecified atom stereocenters. The standard InChI is InChI=1S/C23H36N2O3/c1-5-21(28-20-11-10-18-8-6-7-9-19(18)16-20)22(26)25-14-12-23(27-4,13-15-25)17-24(2)3/h10-11,16,21H,5-9,12-15,17H2,1-4H3. The molecule has 0 N–H and O–H groups in total. The number of methoxy groups -OCH3 is 1. The number of rotatable bonds is 7. The summed E-state index contributed by atoms with van der Waals surface area (Å²) in [6.07, 6.45) is 6.79. The highest BCUT2D eigenvalue weighted by molar-refractivity contribution is 5.81. The lowest BCUT2D eigenvalue weighted by Gasteiger charge is -2.42. The molecule has 0 aromatic heterocycles. The number of ether oxygens (including phenoxy) is 2. The van der Waals surface area contributed by atoms with Crippen LogP contribution >= 0.6 is 0 Å². The lowest BCUT2D eigenvalue weighted by atomic mass is 9.90. The SMILES string of the molecule is CCC(Oc1ccc2c(c1)CCCC2)C(=O)N1CCC(CN(C)C)(OC)CC1. The lowest BCUT2D eigenvalue weighted by molar-refractivity contribution is -0.145. The predicted octanol–water partition coefficient (Wildman–Crippen LogP) is 3.29. The summed E-state index contributed by atoms with van der Waals surface area (Å²) in [6.45, 7) is 4.36. The van der Waals surface area contributed by atoms with Gasteiger partial charge in [0.2, 0.25) is 0 Å². The van der Waals surface area contributed by atoms with Crippen molar-refractivity contribution in [2.45, 2.75) is 63.6 Å². The van der Waals surface area contributed by atoms with Crippen LogP contribution in [-0.2, 0) is 22.4 Å². The average molecular weight is 389 g/mol. The van der Waals surface area contributed by atoms with E-state index in [9.17, 15) is 4.79 Å². The Morgan fingerprint density at radius 1 is 1.18 bits per heavy atom. The van der Waals surface area contributed by atoms with Gasteiger partial charge in [-0.25, -0.2) is 0 Å². The van der Waals surface area contributed by atoms with Crippen LogP contribution in [0.1, 0.15) is 50.2 Å². The fraction of sp³-hybridized carbons (Fsp3) is 0.696. The van der Waals surface area contributed by atoms with Crippen LogP contribution < -0.4 is 4.74 Å². The first-order chi connectivity index (χ1) is 13.5. The normalized spacial score (nSPS) is 20.0. The van der Waals surface area contributed by atoms with Crippen molar-refractivity contribution < 1.29 is 14.3 Å². The summed E-state index contributed by atoms with van der Waals surface area (Å²) < 4.78 is 12.0. The van der Waals surface area contributed by atoms with Crippen molar-refractivity contribution in [2.75, 3.05) is 40.8 Å². The van der Waals surface area contributed by atoms with Gasteiger partial charge in [-0.3, -0.25) is 4.79 Å². The van der Waals surface area contributed by atoms with E-state index in [4.69, 9.17) is 9.47 Å². The Hall–Kier alpha value is -1.59. The molecule has 1 aliphatic heterocycles. The summed E-state index contributed by atoms with van der Waals surface area (Å²) in [5, 5.41) is 0. The summed E-state index contributed by atoms with van der Waals surface area (Å²) in [5.41, 5.74) is 2.67. The van der Waals surface area contributed by atoms with Gasteiger partial charge in [-0.2, -0.15) is 0 Å². The minimum Gasteiger partial charge on any atom is -0.481 e. The summed E-state index contributed by atoms with van der Waals surface area (Å²) in [7, 11) is 5.92. The van der Waals surface area contributed by atoms with Crippen molar-refractivity contribution in [3.05, 3.63) is 29.3 Å². The first kappa shape index (κ1) is 21.1. The van der Waals surface area contributed by atoms with Crippen molar-refractivity contribution in [2.24, 2.45) is 0 Å². The van der Waals surface area contributed by atoms with Crippen LogP contribution in [0.4, 0.5) is 0 Å². The van der Waals surface area contributed by atoms with Gasteiger partial charge >= 0.3 is 0 Å². The third kappa shape index (κ3) is 4.87. The van der Waals surface area contributed by atoms with Gasteiger partial charge in [-0.05, 0) is 82.3 Å². The molecule has 0 spiro atoms. The molecule has 5 nitrogen and oxygen atoms in total. The zero-order chi connectivity index (χ0) is 20.1. The van der Waals surface area contributed by atoms with Crippen LogP contribution in [0.25, 0.3) is 0 Å². The lowest BCUT2D eigenvalue weighted by Crippen LogP contribution is -2.54. The molecule has 28 heavy (non-hydrogen) atoms. The molecule has 1 aromatic carbocycles. The molecule has 1 aromatic rings. The number of piperidine rings is 1. The van der Waals surface area contributed by atoms with Crippen molar-refractivity contribution >= 4 is 5.91 Å². The smallest absolute Gasteiger partial charge is 0.263 e. The van der Waals surface area contributed by atoms with Crippen LogP contribution in [0.15, 0.2) is 18.2 Å². The minimum absolute atomic E-state index is 0.106. The van der Waals surface area contributed by atoms with Crippen LogP contribution in [0.2, 0.25) is 0 Å². The maximum atomic E-state index is 13.1. The quantitative estimate of drug-likeness (QED) is 0.719. The number of aryl methyl sites for hydroxylation is 2. The van der Waals surface area contributed by atoms with Crippen LogP contribution in [0, 0.1) is 0 Å². The minimum atomic E-state index is -0.412. The predicted molar refractivity (Wildman–Crippen MR) is 112 cm³/mol. The molecule has 156 valence electrons. The van der Waals surface area contributed by atoms with Gasteiger partial charge in [0, 0.05) is 26.7 Å². The fourth-order valence-electron chi connectivity index (χ4n) is 4.60. The monoisotopic (exact) mass is 388 g/mol. The zero-order valence-electron chi connectivity index (χ0n) is 18.0. The molecule has 5 heteroatoms. The molecule has 1 atom stereocenters. The van der Waals surface area contributed by atoms with Crippen LogP contribution in [0.3, 0.4) is 0 Å². The Morgan fingerprint density at radius 2 is 1.86 bits per heavy atom. The molecule has 1 aliphatic carbocycles. The molecule has 1 heterocycles. The average Bonchev–Trinajstić information content (AvgIpc) is 2.71. The molecule has 3 rings (SSSR count). The summed E-state index contributed by atoms with van der Waals surface area (Å²) in [5.74, 6) is 0.937. The van der Waals surface area contributed by atoms with Crippen LogP contribution in [-0.4, -0.2) is 68.3 Å². The van der Waals surface area contributed by atoms with Gasteiger partial charge in [0.05, 0.1) is 5.60 Å². The second kappa shape index (κ2) is 9.27. The third-order valence-electron chi connectivity index (χ3n) is 6.27. The Balaban J connectivity index is 1.61. The van der Waals surface area contributed by atoms with Gasteiger partial charge in [-0.15, -0.1) is 0 Å². The first-order valence-corrected chi connectivity index (χ1v) is 10.7. The van der Waals surface area contributed by atoms with Gasteiger partial charge in [-0.1, -0.05) is 13.0 Å². The number of likely N-dealkylation sites (N-methyl/N-ethyl adjacent to an activating group) is 1. The molecule has 0 radical (unpaired) electrons. The molecule has 1 fully saturated rings. The number of amides is 1. The van der Waals surface area contributed by atoms with Crippen molar-refractivity contribution in [1.29, 1.82) is 0 Å². The van der Waals surface area contributed by atoms with Crippen LogP contribution in [0.5, 0.6) is 5.75 Å². The molecule has 2 aliphatic rings. The number of hydrogen-bond donors (Lipinski definition) is 0. The van der Waals surface area contributed by atoms with Gasteiger partial charge in [0.25, 0.3) is 5.91 Å². The van der Waals surface area contributed by atoms with Gasteiger partial charge in [0.15, 0.2) is 6.10 Å². The zero-order valence-corrected chi connectivity index (χ0v) is 18.0. The van der Waals surface area contributed by atoms with E-state index in [0.717, 1.165) is 51.1 Å². The van der Waals surface area contributed by atoms with E-state index in [-0.39, 0.29) is 11.5 Å². The van der Waals surface area contributed by atoms with E-state index < -0.39 is 6.10 Å². The van der Waals surface area contributed by atoms with E-state index in [1.54, 1.807) is 7.11 Å². The molecule has 0 saturated carbocycles. The molecule has 1 amide bonds. The molecule has 1 saturated heterocycles. The Kier molecular flexibility index (Phi) is 7.00. The van der Waals surface area contributed by atoms with E-state index in [1.807, 2.05) is 17.9 Å². The maximum Gasteiger partial charge on any atom is 0.263 e. The number of fused-ring (bicyclic) bond motifs is 1. The molecule has 0 bridgehead atoms. The molecular formula is C23H36N2O3. The topological polar surface area (TPSA) is 42.0 Å². The third-order valence-corrected chi connectivity index (χ3v) is 6.27. The largest absolute Gasteiger partial charge is 0.481 e. The van der Waals surface area contributed by atoms with Gasteiger partial charge < -0.3 is 19.3 Å². The number of likely N-dealkylation sites (tertiary alicyclic amines) is 1. The first-order valence-electron chi connectivity index (χ1n) is 10.7. The Morgan fingerprint density at radius 3 is 2.46 bits per heavy atom. The number of nitrogens with zero attached hydrogens (tertiary/aromatic N) is 2. The maximum absolute atomic E-state index is 13.1. The van der Waals surface area contributed by atoms with E-state index in [1.165, 1.54) is 24.0 Å². The highest BCUT2D eigenvalue weighted by Gasteiger charge is 2.38. The number of carbonyl (C=O) groups excluding carboxylic acids is 1. The van der Waals surface area contributed by atoms with E-state index in [0.29, 0.717) is 6.42 Å². The molecular weight excluding hydrogens is 352 g/mol. The fourth-order valence-corrected chi connectivity index (χ4v) is 4.60. The second-order valence-corrected chi connectivity index (χ2v) is 8.60. The Bertz CT molecular complexity index is 666. The van der Waals surface area contributed by atoms with E-state index >= 15 is 0 Å². The van der Waals surface area contributed by atoms with Crippen molar-refractivity contribution in [3.8, 4) is 5.75 Å². The summed E-state index contributed by atoms with van der Waals surface area (Å²) in [4.78, 5) is 17.2. The second-order valence-electron chi connectivity index (χ2n) is 8.60. The highest BCUT2D eigenvalue weighted by Crippen LogP contribution is 2.29. The number of carbonyl (C=O) groups is 1. The number of benzene rings is 1. The summed E-state index contributed by atoms with van der Waals surface area (Å²) in [6, 6.07) is 6.35. The van der Waals surface area contributed by atoms with Crippen molar-refractivity contribution in [1.82, 2.24) is 9.80 Å². The highest BCUT2D eigenvalue weighted by atomic mass is 16.5. The van der Waals surface area contributed by atoms with Gasteiger partial charge in [0.1, 0.15) is 5.75 Å². The number of hydrogen-bond acceptors (Lipinski definition) is 4.